The Hall–Kier alpha value is -1.07. The Morgan fingerprint density at radius 2 is 2.33 bits per heavy atom. The molecule has 1 aromatic heterocycles. The molecule has 2 aliphatic rings. The van der Waals surface area contributed by atoms with E-state index in [1.807, 2.05) is 0 Å². The number of carbonyl (C=O) groups is 1. The molecule has 3 rings (SSSR count). The predicted molar refractivity (Wildman–Crippen MR) is 72.1 cm³/mol. The summed E-state index contributed by atoms with van der Waals surface area (Å²) in [6.45, 7) is 1.42. The van der Waals surface area contributed by atoms with Gasteiger partial charge in [0.15, 0.2) is 0 Å². The standard InChI is InChI=1S/C13H18N2O2S/c14-12-11(9-4-1-5-10(9)18-12)13(16)15-7-8-3-2-6-17-8/h8H,1-7,14H2,(H,15,16). The molecule has 0 spiro atoms. The number of amides is 1. The van der Waals surface area contributed by atoms with E-state index in [-0.39, 0.29) is 12.0 Å². The Morgan fingerprint density at radius 3 is 3.11 bits per heavy atom. The second-order valence-electron chi connectivity index (χ2n) is 4.94. The van der Waals surface area contributed by atoms with E-state index in [1.165, 1.54) is 10.4 Å². The molecule has 1 aliphatic heterocycles. The molecule has 0 bridgehead atoms. The van der Waals surface area contributed by atoms with Crippen LogP contribution in [0.5, 0.6) is 0 Å². The second-order valence-corrected chi connectivity index (χ2v) is 6.08. The van der Waals surface area contributed by atoms with Crippen molar-refractivity contribution in [3.05, 3.63) is 16.0 Å². The number of aryl methyl sites for hydroxylation is 1. The van der Waals surface area contributed by atoms with Gasteiger partial charge in [0.2, 0.25) is 0 Å². The van der Waals surface area contributed by atoms with E-state index < -0.39 is 0 Å². The van der Waals surface area contributed by atoms with Gasteiger partial charge in [-0.15, -0.1) is 11.3 Å². The van der Waals surface area contributed by atoms with Crippen LogP contribution in [0.1, 0.15) is 40.1 Å². The van der Waals surface area contributed by atoms with Crippen molar-refractivity contribution in [2.24, 2.45) is 0 Å². The van der Waals surface area contributed by atoms with E-state index in [4.69, 9.17) is 10.5 Å². The Kier molecular flexibility index (Phi) is 3.26. The van der Waals surface area contributed by atoms with Crippen LogP contribution in [0.25, 0.3) is 0 Å². The molecule has 1 unspecified atom stereocenters. The molecule has 1 amide bonds. The van der Waals surface area contributed by atoms with Crippen LogP contribution in [0.3, 0.4) is 0 Å². The molecule has 0 saturated carbocycles. The van der Waals surface area contributed by atoms with Crippen LogP contribution in [-0.2, 0) is 17.6 Å². The SMILES string of the molecule is Nc1sc2c(c1C(=O)NCC1CCCO1)CCC2. The summed E-state index contributed by atoms with van der Waals surface area (Å²) in [4.78, 5) is 13.5. The largest absolute Gasteiger partial charge is 0.390 e. The molecular weight excluding hydrogens is 248 g/mol. The quantitative estimate of drug-likeness (QED) is 0.875. The maximum Gasteiger partial charge on any atom is 0.254 e. The van der Waals surface area contributed by atoms with Crippen molar-refractivity contribution < 1.29 is 9.53 Å². The zero-order valence-corrected chi connectivity index (χ0v) is 11.1. The van der Waals surface area contributed by atoms with Gasteiger partial charge in [-0.1, -0.05) is 0 Å². The molecule has 5 heteroatoms. The maximum atomic E-state index is 12.2. The lowest BCUT2D eigenvalue weighted by atomic mass is 10.1. The summed E-state index contributed by atoms with van der Waals surface area (Å²) in [7, 11) is 0. The van der Waals surface area contributed by atoms with E-state index in [0.717, 1.165) is 44.3 Å². The molecule has 1 fully saturated rings. The van der Waals surface area contributed by atoms with Crippen LogP contribution < -0.4 is 11.1 Å². The molecule has 98 valence electrons. The van der Waals surface area contributed by atoms with Crippen LogP contribution in [0, 0.1) is 0 Å². The molecule has 1 aliphatic carbocycles. The number of nitrogen functional groups attached to an aromatic ring is 1. The van der Waals surface area contributed by atoms with Gasteiger partial charge in [-0.05, 0) is 37.7 Å². The molecule has 4 nitrogen and oxygen atoms in total. The van der Waals surface area contributed by atoms with E-state index in [2.05, 4.69) is 5.32 Å². The van der Waals surface area contributed by atoms with Gasteiger partial charge in [-0.3, -0.25) is 4.79 Å². The van der Waals surface area contributed by atoms with Crippen molar-refractivity contribution >= 4 is 22.2 Å². The molecule has 18 heavy (non-hydrogen) atoms. The van der Waals surface area contributed by atoms with E-state index >= 15 is 0 Å². The minimum atomic E-state index is -0.0256. The molecule has 1 aromatic rings. The number of hydrogen-bond acceptors (Lipinski definition) is 4. The van der Waals surface area contributed by atoms with E-state index in [0.29, 0.717) is 11.5 Å². The number of rotatable bonds is 3. The lowest BCUT2D eigenvalue weighted by Gasteiger charge is -2.11. The van der Waals surface area contributed by atoms with Crippen LogP contribution in [0.4, 0.5) is 5.00 Å². The third-order valence-electron chi connectivity index (χ3n) is 3.69. The molecule has 3 N–H and O–H groups in total. The van der Waals surface area contributed by atoms with Gasteiger partial charge in [-0.25, -0.2) is 0 Å². The summed E-state index contributed by atoms with van der Waals surface area (Å²) in [5.74, 6) is -0.0256. The molecular formula is C13H18N2O2S. The summed E-state index contributed by atoms with van der Waals surface area (Å²) < 4.78 is 5.50. The number of nitrogens with two attached hydrogens (primary N) is 1. The number of thiophene rings is 1. The van der Waals surface area contributed by atoms with Gasteiger partial charge in [0.1, 0.15) is 0 Å². The fraction of sp³-hybridized carbons (Fsp3) is 0.615. The van der Waals surface area contributed by atoms with Crippen molar-refractivity contribution in [2.75, 3.05) is 18.9 Å². The Labute approximate surface area is 111 Å². The summed E-state index contributed by atoms with van der Waals surface area (Å²) >= 11 is 1.58. The van der Waals surface area contributed by atoms with Gasteiger partial charge in [0.05, 0.1) is 16.7 Å². The fourth-order valence-electron chi connectivity index (χ4n) is 2.77. The van der Waals surface area contributed by atoms with Crippen molar-refractivity contribution in [3.8, 4) is 0 Å². The Morgan fingerprint density at radius 1 is 1.44 bits per heavy atom. The highest BCUT2D eigenvalue weighted by molar-refractivity contribution is 7.16. The third kappa shape index (κ3) is 2.12. The lowest BCUT2D eigenvalue weighted by Crippen LogP contribution is -2.32. The average Bonchev–Trinajstić information content (AvgIpc) is 3.01. The summed E-state index contributed by atoms with van der Waals surface area (Å²) in [5, 5.41) is 3.63. The lowest BCUT2D eigenvalue weighted by molar-refractivity contribution is 0.0858. The highest BCUT2D eigenvalue weighted by Gasteiger charge is 2.26. The highest BCUT2D eigenvalue weighted by Crippen LogP contribution is 2.37. The zero-order chi connectivity index (χ0) is 12.5. The molecule has 0 radical (unpaired) electrons. The summed E-state index contributed by atoms with van der Waals surface area (Å²) in [6, 6.07) is 0. The Bertz CT molecular complexity index is 464. The molecule has 1 atom stereocenters. The monoisotopic (exact) mass is 266 g/mol. The Balaban J connectivity index is 1.68. The van der Waals surface area contributed by atoms with Gasteiger partial charge in [-0.2, -0.15) is 0 Å². The second kappa shape index (κ2) is 4.90. The molecule has 1 saturated heterocycles. The zero-order valence-electron chi connectivity index (χ0n) is 10.3. The number of nitrogens with one attached hydrogen (secondary N) is 1. The predicted octanol–water partition coefficient (Wildman–Crippen LogP) is 1.73. The fourth-order valence-corrected chi connectivity index (χ4v) is 3.93. The third-order valence-corrected chi connectivity index (χ3v) is 4.81. The van der Waals surface area contributed by atoms with Crippen molar-refractivity contribution in [2.45, 2.75) is 38.2 Å². The molecule has 0 aromatic carbocycles. The van der Waals surface area contributed by atoms with Crippen LogP contribution in [0.15, 0.2) is 0 Å². The number of fused-ring (bicyclic) bond motifs is 1. The number of anilines is 1. The van der Waals surface area contributed by atoms with Gasteiger partial charge in [0, 0.05) is 18.0 Å². The first-order valence-corrected chi connectivity index (χ1v) is 7.37. The normalized spacial score (nSPS) is 22.1. The first kappa shape index (κ1) is 12.0. The minimum Gasteiger partial charge on any atom is -0.390 e. The number of ether oxygens (including phenoxy) is 1. The first-order valence-electron chi connectivity index (χ1n) is 6.55. The first-order chi connectivity index (χ1) is 8.75. The van der Waals surface area contributed by atoms with Crippen LogP contribution >= 0.6 is 11.3 Å². The topological polar surface area (TPSA) is 64.4 Å². The maximum absolute atomic E-state index is 12.2. The smallest absolute Gasteiger partial charge is 0.254 e. The van der Waals surface area contributed by atoms with Gasteiger partial charge < -0.3 is 15.8 Å². The number of hydrogen-bond donors (Lipinski definition) is 2. The van der Waals surface area contributed by atoms with Gasteiger partial charge in [0.25, 0.3) is 5.91 Å². The van der Waals surface area contributed by atoms with Gasteiger partial charge >= 0.3 is 0 Å². The van der Waals surface area contributed by atoms with Crippen molar-refractivity contribution in [1.82, 2.24) is 5.32 Å². The van der Waals surface area contributed by atoms with Crippen molar-refractivity contribution in [3.63, 3.8) is 0 Å². The van der Waals surface area contributed by atoms with E-state index in [9.17, 15) is 4.79 Å². The van der Waals surface area contributed by atoms with E-state index in [1.54, 1.807) is 11.3 Å². The summed E-state index contributed by atoms with van der Waals surface area (Å²) in [5.41, 5.74) is 7.87. The minimum absolute atomic E-state index is 0.0256. The van der Waals surface area contributed by atoms with Crippen LogP contribution in [0.2, 0.25) is 0 Å². The number of carbonyl (C=O) groups excluding carboxylic acids is 1. The van der Waals surface area contributed by atoms with Crippen LogP contribution in [-0.4, -0.2) is 25.2 Å². The summed E-state index contributed by atoms with van der Waals surface area (Å²) in [6.07, 6.45) is 5.53. The molecule has 2 heterocycles. The highest BCUT2D eigenvalue weighted by atomic mass is 32.1. The van der Waals surface area contributed by atoms with Crippen molar-refractivity contribution in [1.29, 1.82) is 0 Å². The average molecular weight is 266 g/mol.